The molecule has 9 heteroatoms. The smallest absolute Gasteiger partial charge is 0.248 e. The number of hydrogen-bond acceptors (Lipinski definition) is 6. The fourth-order valence-corrected chi connectivity index (χ4v) is 6.17. The van der Waals surface area contributed by atoms with E-state index in [1.54, 1.807) is 29.5 Å². The molecule has 0 aliphatic carbocycles. The molecule has 3 aromatic rings. The molecule has 0 radical (unpaired) electrons. The first-order chi connectivity index (χ1) is 12.4. The van der Waals surface area contributed by atoms with Crippen molar-refractivity contribution in [2.75, 3.05) is 26.2 Å². The Morgan fingerprint density at radius 2 is 1.96 bits per heavy atom. The summed E-state index contributed by atoms with van der Waals surface area (Å²) in [4.78, 5) is 6.25. The van der Waals surface area contributed by atoms with Crippen LogP contribution in [0, 0.1) is 13.8 Å². The van der Waals surface area contributed by atoms with Crippen molar-refractivity contribution in [1.82, 2.24) is 14.4 Å². The predicted molar refractivity (Wildman–Crippen MR) is 98.8 cm³/mol. The van der Waals surface area contributed by atoms with Gasteiger partial charge in [0.1, 0.15) is 22.1 Å². The quantitative estimate of drug-likeness (QED) is 0.715. The Kier molecular flexibility index (Phi) is 4.55. The first-order valence-corrected chi connectivity index (χ1v) is 10.8. The highest BCUT2D eigenvalue weighted by Gasteiger charge is 2.34. The Morgan fingerprint density at radius 1 is 1.23 bits per heavy atom. The second-order valence-electron chi connectivity index (χ2n) is 6.56. The van der Waals surface area contributed by atoms with Crippen molar-refractivity contribution in [3.63, 3.8) is 0 Å². The maximum atomic E-state index is 12.9. The molecule has 1 saturated heterocycles. The summed E-state index contributed by atoms with van der Waals surface area (Å²) in [5.74, 6) is 0.353. The fourth-order valence-electron chi connectivity index (χ4n) is 3.40. The SMILES string of the molecule is Cc1noc(C)c1S(=O)(=O)N1CC[NH+](Cc2nc3ccccc3s2)CC1. The van der Waals surface area contributed by atoms with Gasteiger partial charge in [-0.2, -0.15) is 4.31 Å². The van der Waals surface area contributed by atoms with Gasteiger partial charge in [0.25, 0.3) is 0 Å². The summed E-state index contributed by atoms with van der Waals surface area (Å²) in [5.41, 5.74) is 1.46. The molecule has 0 spiro atoms. The number of piperazine rings is 1. The molecule has 0 amide bonds. The van der Waals surface area contributed by atoms with Gasteiger partial charge < -0.3 is 9.42 Å². The van der Waals surface area contributed by atoms with Crippen LogP contribution < -0.4 is 4.90 Å². The van der Waals surface area contributed by atoms with Gasteiger partial charge in [-0.15, -0.1) is 11.3 Å². The van der Waals surface area contributed by atoms with E-state index in [0.29, 0.717) is 24.5 Å². The van der Waals surface area contributed by atoms with Crippen molar-refractivity contribution in [2.45, 2.75) is 25.3 Å². The summed E-state index contributed by atoms with van der Waals surface area (Å²) >= 11 is 1.71. The minimum Gasteiger partial charge on any atom is -0.360 e. The lowest BCUT2D eigenvalue weighted by Crippen LogP contribution is -3.13. The highest BCUT2D eigenvalue weighted by molar-refractivity contribution is 7.89. The average Bonchev–Trinajstić information content (AvgIpc) is 3.17. The van der Waals surface area contributed by atoms with Crippen LogP contribution in [0.1, 0.15) is 16.5 Å². The summed E-state index contributed by atoms with van der Waals surface area (Å²) in [6, 6.07) is 8.13. The zero-order chi connectivity index (χ0) is 18.3. The fraction of sp³-hybridized carbons (Fsp3) is 0.412. The number of aromatic nitrogens is 2. The number of thiazole rings is 1. The molecule has 4 rings (SSSR count). The molecule has 0 saturated carbocycles. The Balaban J connectivity index is 1.44. The number of sulfonamides is 1. The number of benzene rings is 1. The summed E-state index contributed by atoms with van der Waals surface area (Å²) < 4.78 is 33.5. The van der Waals surface area contributed by atoms with Crippen LogP contribution in [0.2, 0.25) is 0 Å². The van der Waals surface area contributed by atoms with E-state index >= 15 is 0 Å². The molecule has 3 heterocycles. The number of aryl methyl sites for hydroxylation is 2. The van der Waals surface area contributed by atoms with Gasteiger partial charge in [-0.3, -0.25) is 0 Å². The summed E-state index contributed by atoms with van der Waals surface area (Å²) in [6.07, 6.45) is 0. The number of nitrogens with zero attached hydrogens (tertiary/aromatic N) is 3. The maximum Gasteiger partial charge on any atom is 0.248 e. The van der Waals surface area contributed by atoms with Crippen LogP contribution in [0.15, 0.2) is 33.7 Å². The minimum atomic E-state index is -3.55. The van der Waals surface area contributed by atoms with Gasteiger partial charge in [-0.1, -0.05) is 17.3 Å². The molecular weight excluding hydrogens is 372 g/mol. The maximum absolute atomic E-state index is 12.9. The van der Waals surface area contributed by atoms with Gasteiger partial charge in [0, 0.05) is 0 Å². The molecule has 1 aliphatic rings. The Morgan fingerprint density at radius 3 is 2.62 bits per heavy atom. The van der Waals surface area contributed by atoms with Crippen LogP contribution in [-0.4, -0.2) is 49.0 Å². The van der Waals surface area contributed by atoms with Gasteiger partial charge in [0.15, 0.2) is 5.76 Å². The van der Waals surface area contributed by atoms with E-state index in [9.17, 15) is 8.42 Å². The number of para-hydroxylation sites is 1. The number of nitrogens with one attached hydrogen (secondary N) is 1. The van der Waals surface area contributed by atoms with Crippen molar-refractivity contribution >= 4 is 31.6 Å². The summed E-state index contributed by atoms with van der Waals surface area (Å²) in [5, 5.41) is 4.88. The van der Waals surface area contributed by atoms with Crippen molar-refractivity contribution in [1.29, 1.82) is 0 Å². The summed E-state index contributed by atoms with van der Waals surface area (Å²) in [7, 11) is -3.55. The first kappa shape index (κ1) is 17.6. The zero-order valence-electron chi connectivity index (χ0n) is 14.7. The molecule has 0 atom stereocenters. The molecule has 0 unspecified atom stereocenters. The molecule has 1 aromatic carbocycles. The highest BCUT2D eigenvalue weighted by atomic mass is 32.2. The molecule has 0 bridgehead atoms. The second-order valence-corrected chi connectivity index (χ2v) is 9.55. The van der Waals surface area contributed by atoms with E-state index in [1.807, 2.05) is 18.2 Å². The van der Waals surface area contributed by atoms with Crippen LogP contribution in [-0.2, 0) is 16.6 Å². The normalized spacial score (nSPS) is 17.2. The molecule has 26 heavy (non-hydrogen) atoms. The molecule has 1 aliphatic heterocycles. The van der Waals surface area contributed by atoms with Crippen LogP contribution >= 0.6 is 11.3 Å². The molecule has 138 valence electrons. The van der Waals surface area contributed by atoms with Crippen molar-refractivity contribution in [3.05, 3.63) is 40.7 Å². The van der Waals surface area contributed by atoms with Crippen LogP contribution in [0.4, 0.5) is 0 Å². The van der Waals surface area contributed by atoms with E-state index in [-0.39, 0.29) is 4.90 Å². The lowest BCUT2D eigenvalue weighted by Gasteiger charge is -2.30. The third-order valence-corrected chi connectivity index (χ3v) is 7.91. The van der Waals surface area contributed by atoms with E-state index < -0.39 is 10.0 Å². The van der Waals surface area contributed by atoms with Gasteiger partial charge in [0.2, 0.25) is 10.0 Å². The monoisotopic (exact) mass is 393 g/mol. The predicted octanol–water partition coefficient (Wildman–Crippen LogP) is 0.991. The molecular formula is C17H21N4O3S2+. The third-order valence-electron chi connectivity index (χ3n) is 4.73. The minimum absolute atomic E-state index is 0.215. The van der Waals surface area contributed by atoms with Crippen molar-refractivity contribution < 1.29 is 17.8 Å². The van der Waals surface area contributed by atoms with Gasteiger partial charge in [0.05, 0.1) is 36.4 Å². The second kappa shape index (κ2) is 6.73. The van der Waals surface area contributed by atoms with Gasteiger partial charge >= 0.3 is 0 Å². The van der Waals surface area contributed by atoms with Gasteiger partial charge in [-0.25, -0.2) is 13.4 Å². The molecule has 2 aromatic heterocycles. The van der Waals surface area contributed by atoms with Crippen molar-refractivity contribution in [2.24, 2.45) is 0 Å². The topological polar surface area (TPSA) is 80.7 Å². The Bertz CT molecular complexity index is 981. The highest BCUT2D eigenvalue weighted by Crippen LogP contribution is 2.23. The Labute approximate surface area is 156 Å². The van der Waals surface area contributed by atoms with E-state index in [4.69, 9.17) is 4.52 Å². The van der Waals surface area contributed by atoms with Crippen LogP contribution in [0.3, 0.4) is 0 Å². The number of rotatable bonds is 4. The van der Waals surface area contributed by atoms with Crippen LogP contribution in [0.5, 0.6) is 0 Å². The number of quaternary nitrogens is 1. The van der Waals surface area contributed by atoms with Gasteiger partial charge in [-0.05, 0) is 26.0 Å². The first-order valence-electron chi connectivity index (χ1n) is 8.56. The molecule has 1 fully saturated rings. The Hall–Kier alpha value is -1.81. The molecule has 7 nitrogen and oxygen atoms in total. The zero-order valence-corrected chi connectivity index (χ0v) is 16.4. The molecule has 1 N–H and O–H groups in total. The number of fused-ring (bicyclic) bond motifs is 1. The average molecular weight is 394 g/mol. The lowest BCUT2D eigenvalue weighted by molar-refractivity contribution is -0.917. The largest absolute Gasteiger partial charge is 0.360 e. The summed E-state index contributed by atoms with van der Waals surface area (Å²) in [6.45, 7) is 6.65. The van der Waals surface area contributed by atoms with E-state index in [1.165, 1.54) is 9.60 Å². The van der Waals surface area contributed by atoms with Crippen molar-refractivity contribution in [3.8, 4) is 0 Å². The lowest BCUT2D eigenvalue weighted by atomic mass is 10.3. The van der Waals surface area contributed by atoms with E-state index in [0.717, 1.165) is 30.2 Å². The van der Waals surface area contributed by atoms with Crippen LogP contribution in [0.25, 0.3) is 10.2 Å². The standard InChI is InChI=1S/C17H20N4O3S2/c1-12-17(13(2)24-19-12)26(22,23)21-9-7-20(8-10-21)11-16-18-14-5-3-4-6-15(14)25-16/h3-6H,7-11H2,1-2H3/p+1. The third kappa shape index (κ3) is 3.16. The number of hydrogen-bond donors (Lipinski definition) is 1. The van der Waals surface area contributed by atoms with E-state index in [2.05, 4.69) is 16.2 Å².